The molecule has 0 unspecified atom stereocenters. The Bertz CT molecular complexity index is 1270. The lowest BCUT2D eigenvalue weighted by molar-refractivity contribution is 0.122. The SMILES string of the molecule is C1=C(c2cn(-c3cc(N4CCOCC4)n4nc(-c5ccncc5)cc4n3)cn2)CNCC1. The zero-order valence-electron chi connectivity index (χ0n) is 17.7. The van der Waals surface area contributed by atoms with Gasteiger partial charge in [0.1, 0.15) is 18.0 Å². The molecule has 6 heterocycles. The average molecular weight is 429 g/mol. The van der Waals surface area contributed by atoms with Crippen molar-refractivity contribution in [2.24, 2.45) is 0 Å². The first-order valence-electron chi connectivity index (χ1n) is 10.9. The molecule has 0 atom stereocenters. The van der Waals surface area contributed by atoms with Crippen molar-refractivity contribution in [1.82, 2.24) is 34.4 Å². The molecular formula is C23H24N8O. The van der Waals surface area contributed by atoms with Crippen molar-refractivity contribution in [2.75, 3.05) is 44.3 Å². The van der Waals surface area contributed by atoms with Gasteiger partial charge in [-0.1, -0.05) is 6.08 Å². The Balaban J connectivity index is 1.45. The molecule has 6 rings (SSSR count). The normalized spacial score (nSPS) is 17.0. The number of nitrogens with zero attached hydrogens (tertiary/aromatic N) is 7. The number of hydrogen-bond donors (Lipinski definition) is 1. The van der Waals surface area contributed by atoms with E-state index in [1.54, 1.807) is 12.4 Å². The van der Waals surface area contributed by atoms with Crippen LogP contribution in [0.1, 0.15) is 12.1 Å². The Morgan fingerprint density at radius 3 is 2.72 bits per heavy atom. The first-order valence-corrected chi connectivity index (χ1v) is 10.9. The molecule has 0 amide bonds. The minimum Gasteiger partial charge on any atom is -0.378 e. The quantitative estimate of drug-likeness (QED) is 0.533. The van der Waals surface area contributed by atoms with Crippen molar-refractivity contribution >= 4 is 17.0 Å². The fourth-order valence-corrected chi connectivity index (χ4v) is 4.21. The van der Waals surface area contributed by atoms with Crippen molar-refractivity contribution in [3.8, 4) is 17.1 Å². The van der Waals surface area contributed by atoms with Crippen LogP contribution < -0.4 is 10.2 Å². The van der Waals surface area contributed by atoms with Crippen molar-refractivity contribution in [3.05, 3.63) is 61.0 Å². The molecule has 0 aromatic carbocycles. The van der Waals surface area contributed by atoms with Crippen LogP contribution in [0.4, 0.5) is 5.82 Å². The lowest BCUT2D eigenvalue weighted by Gasteiger charge is -2.29. The number of hydrogen-bond acceptors (Lipinski definition) is 7. The molecule has 0 saturated carbocycles. The molecule has 2 aliphatic heterocycles. The fourth-order valence-electron chi connectivity index (χ4n) is 4.21. The van der Waals surface area contributed by atoms with Crippen LogP contribution in [0.2, 0.25) is 0 Å². The topological polar surface area (TPSA) is 85.4 Å². The highest BCUT2D eigenvalue weighted by molar-refractivity contribution is 5.67. The van der Waals surface area contributed by atoms with Gasteiger partial charge in [-0.3, -0.25) is 9.55 Å². The summed E-state index contributed by atoms with van der Waals surface area (Å²) in [5.74, 6) is 1.82. The van der Waals surface area contributed by atoms with Crippen LogP contribution in [0.5, 0.6) is 0 Å². The molecule has 0 spiro atoms. The smallest absolute Gasteiger partial charge is 0.160 e. The molecule has 1 N–H and O–H groups in total. The molecule has 1 saturated heterocycles. The van der Waals surface area contributed by atoms with Gasteiger partial charge >= 0.3 is 0 Å². The highest BCUT2D eigenvalue weighted by atomic mass is 16.5. The van der Waals surface area contributed by atoms with E-state index in [0.717, 1.165) is 66.8 Å². The van der Waals surface area contributed by atoms with E-state index in [4.69, 9.17) is 14.8 Å². The third-order valence-electron chi connectivity index (χ3n) is 5.91. The molecule has 0 aliphatic carbocycles. The third-order valence-corrected chi connectivity index (χ3v) is 5.91. The third kappa shape index (κ3) is 3.55. The molecule has 32 heavy (non-hydrogen) atoms. The minimum absolute atomic E-state index is 0.702. The van der Waals surface area contributed by atoms with Crippen LogP contribution in [-0.2, 0) is 4.74 Å². The van der Waals surface area contributed by atoms with Crippen LogP contribution in [0.3, 0.4) is 0 Å². The van der Waals surface area contributed by atoms with Gasteiger partial charge in [0.15, 0.2) is 5.65 Å². The van der Waals surface area contributed by atoms with E-state index in [1.807, 2.05) is 33.6 Å². The van der Waals surface area contributed by atoms with Gasteiger partial charge in [-0.25, -0.2) is 9.97 Å². The predicted octanol–water partition coefficient (Wildman–Crippen LogP) is 2.19. The summed E-state index contributed by atoms with van der Waals surface area (Å²) in [5.41, 5.74) is 4.90. The summed E-state index contributed by atoms with van der Waals surface area (Å²) in [6.07, 6.45) is 10.7. The summed E-state index contributed by atoms with van der Waals surface area (Å²) < 4.78 is 9.49. The number of nitrogens with one attached hydrogen (secondary N) is 1. The maximum Gasteiger partial charge on any atom is 0.160 e. The van der Waals surface area contributed by atoms with Gasteiger partial charge in [0, 0.05) is 55.9 Å². The Hall–Kier alpha value is -3.56. The second-order valence-corrected chi connectivity index (χ2v) is 7.97. The number of imidazole rings is 1. The molecule has 0 radical (unpaired) electrons. The van der Waals surface area contributed by atoms with Gasteiger partial charge in [-0.05, 0) is 30.7 Å². The molecule has 4 aromatic rings. The molecule has 4 aromatic heterocycles. The van der Waals surface area contributed by atoms with Crippen molar-refractivity contribution < 1.29 is 4.74 Å². The summed E-state index contributed by atoms with van der Waals surface area (Å²) in [7, 11) is 0. The van der Waals surface area contributed by atoms with Crippen molar-refractivity contribution in [2.45, 2.75) is 6.42 Å². The van der Waals surface area contributed by atoms with Crippen LogP contribution in [0, 0.1) is 0 Å². The Morgan fingerprint density at radius 1 is 1.03 bits per heavy atom. The summed E-state index contributed by atoms with van der Waals surface area (Å²) in [5, 5.41) is 8.28. The number of aromatic nitrogens is 6. The second-order valence-electron chi connectivity index (χ2n) is 7.97. The zero-order chi connectivity index (χ0) is 21.3. The average Bonchev–Trinajstić information content (AvgIpc) is 3.53. The van der Waals surface area contributed by atoms with Crippen molar-refractivity contribution in [3.63, 3.8) is 0 Å². The van der Waals surface area contributed by atoms with Gasteiger partial charge in [0.05, 0.1) is 24.6 Å². The van der Waals surface area contributed by atoms with Crippen LogP contribution in [0.15, 0.2) is 55.3 Å². The number of rotatable bonds is 4. The first kappa shape index (κ1) is 19.1. The maximum atomic E-state index is 5.57. The lowest BCUT2D eigenvalue weighted by atomic mass is 10.1. The van der Waals surface area contributed by atoms with Gasteiger partial charge in [0.2, 0.25) is 0 Å². The maximum absolute atomic E-state index is 5.57. The van der Waals surface area contributed by atoms with Crippen molar-refractivity contribution in [1.29, 1.82) is 0 Å². The fraction of sp³-hybridized carbons (Fsp3) is 0.304. The molecule has 9 nitrogen and oxygen atoms in total. The Kier molecular flexibility index (Phi) is 4.89. The highest BCUT2D eigenvalue weighted by Gasteiger charge is 2.19. The number of fused-ring (bicyclic) bond motifs is 1. The minimum atomic E-state index is 0.702. The molecule has 2 aliphatic rings. The number of anilines is 1. The predicted molar refractivity (Wildman–Crippen MR) is 122 cm³/mol. The van der Waals surface area contributed by atoms with E-state index in [-0.39, 0.29) is 0 Å². The Labute approximate surface area is 185 Å². The largest absolute Gasteiger partial charge is 0.378 e. The van der Waals surface area contributed by atoms with E-state index in [2.05, 4.69) is 38.5 Å². The molecule has 0 bridgehead atoms. The molecule has 9 heteroatoms. The first-order chi connectivity index (χ1) is 15.8. The zero-order valence-corrected chi connectivity index (χ0v) is 17.7. The van der Waals surface area contributed by atoms with Gasteiger partial charge in [-0.2, -0.15) is 9.61 Å². The van der Waals surface area contributed by atoms with E-state index >= 15 is 0 Å². The summed E-state index contributed by atoms with van der Waals surface area (Å²) in [6.45, 7) is 4.91. The number of ether oxygens (including phenoxy) is 1. The van der Waals surface area contributed by atoms with Gasteiger partial charge < -0.3 is 15.0 Å². The second kappa shape index (κ2) is 8.18. The van der Waals surface area contributed by atoms with Crippen LogP contribution in [0.25, 0.3) is 28.3 Å². The van der Waals surface area contributed by atoms with Crippen LogP contribution >= 0.6 is 0 Å². The molecular weight excluding hydrogens is 404 g/mol. The van der Waals surface area contributed by atoms with Gasteiger partial charge in [-0.15, -0.1) is 0 Å². The van der Waals surface area contributed by atoms with Gasteiger partial charge in [0.25, 0.3) is 0 Å². The Morgan fingerprint density at radius 2 is 1.91 bits per heavy atom. The standard InChI is InChI=1S/C23H24N8O/c1-2-18(14-25-5-1)20-15-30(16-26-20)21-13-23(29-8-10-32-11-9-29)31-22(27-21)12-19(28-31)17-3-6-24-7-4-17/h2-4,6-7,12-13,15-16,25H,1,5,8-11,14H2. The number of pyridine rings is 1. The van der Waals surface area contributed by atoms with E-state index in [0.29, 0.717) is 13.2 Å². The molecule has 1 fully saturated rings. The summed E-state index contributed by atoms with van der Waals surface area (Å²) >= 11 is 0. The lowest BCUT2D eigenvalue weighted by Crippen LogP contribution is -2.37. The highest BCUT2D eigenvalue weighted by Crippen LogP contribution is 2.26. The van der Waals surface area contributed by atoms with E-state index in [1.165, 1.54) is 5.57 Å². The molecule has 162 valence electrons. The van der Waals surface area contributed by atoms with E-state index in [9.17, 15) is 0 Å². The number of morpholine rings is 1. The summed E-state index contributed by atoms with van der Waals surface area (Å²) in [6, 6.07) is 8.03. The van der Waals surface area contributed by atoms with E-state index < -0.39 is 0 Å². The monoisotopic (exact) mass is 428 g/mol. The summed E-state index contributed by atoms with van der Waals surface area (Å²) in [4.78, 5) is 16.0. The van der Waals surface area contributed by atoms with Crippen LogP contribution in [-0.4, -0.2) is 68.5 Å².